The zero-order valence-electron chi connectivity index (χ0n) is 16.0. The average molecular weight is 504 g/mol. The molecule has 0 saturated carbocycles. The van der Waals surface area contributed by atoms with Crippen LogP contribution in [0.4, 0.5) is 0 Å². The summed E-state index contributed by atoms with van der Waals surface area (Å²) < 4.78 is 23.0. The second-order valence-corrected chi connectivity index (χ2v) is 8.97. The molecule has 0 radical (unpaired) electrons. The maximum Gasteiger partial charge on any atom is 0.193 e. The van der Waals surface area contributed by atoms with E-state index < -0.39 is 9.84 Å². The van der Waals surface area contributed by atoms with Gasteiger partial charge in [-0.2, -0.15) is 0 Å². The van der Waals surface area contributed by atoms with E-state index in [1.807, 2.05) is 19.2 Å². The molecule has 1 unspecified atom stereocenters. The van der Waals surface area contributed by atoms with Gasteiger partial charge in [0.2, 0.25) is 0 Å². The standard InChI is InChI=1S/C19H28N4O2S.HI/c1-20-19(23-14-10-17(15-23)22-12-3-4-13-22)21-11-9-16-5-7-18(8-6-16)26(2,24)25;/h3-8,17H,9-15H2,1-2H3,(H,20,21);1H. The predicted molar refractivity (Wildman–Crippen MR) is 121 cm³/mol. The number of guanidine groups is 1. The van der Waals surface area contributed by atoms with Crippen molar-refractivity contribution >= 4 is 39.8 Å². The molecule has 0 amide bonds. The lowest BCUT2D eigenvalue weighted by molar-refractivity contribution is 0.259. The van der Waals surface area contributed by atoms with Crippen molar-refractivity contribution in [1.82, 2.24) is 15.1 Å². The van der Waals surface area contributed by atoms with Crippen molar-refractivity contribution in [3.05, 3.63) is 42.0 Å². The second kappa shape index (κ2) is 9.88. The molecule has 6 nitrogen and oxygen atoms in total. The first kappa shape index (κ1) is 22.2. The largest absolute Gasteiger partial charge is 0.356 e. The lowest BCUT2D eigenvalue weighted by atomic mass is 10.1. The Hall–Kier alpha value is -1.13. The first-order valence-corrected chi connectivity index (χ1v) is 11.0. The highest BCUT2D eigenvalue weighted by molar-refractivity contribution is 14.0. The fourth-order valence-corrected chi connectivity index (χ4v) is 4.21. The highest BCUT2D eigenvalue weighted by Gasteiger charge is 2.29. The molecule has 1 aromatic rings. The summed E-state index contributed by atoms with van der Waals surface area (Å²) in [5.74, 6) is 0.951. The van der Waals surface area contributed by atoms with E-state index in [-0.39, 0.29) is 24.0 Å². The molecule has 0 aliphatic carbocycles. The van der Waals surface area contributed by atoms with Crippen LogP contribution in [0.2, 0.25) is 0 Å². The van der Waals surface area contributed by atoms with Gasteiger partial charge >= 0.3 is 0 Å². The smallest absolute Gasteiger partial charge is 0.193 e. The Morgan fingerprint density at radius 3 is 2.48 bits per heavy atom. The number of aliphatic imine (C=N–C) groups is 1. The highest BCUT2D eigenvalue weighted by Crippen LogP contribution is 2.18. The first-order valence-electron chi connectivity index (χ1n) is 9.11. The third-order valence-corrected chi connectivity index (χ3v) is 6.21. The molecule has 150 valence electrons. The van der Waals surface area contributed by atoms with Crippen LogP contribution >= 0.6 is 24.0 Å². The molecular weight excluding hydrogens is 475 g/mol. The van der Waals surface area contributed by atoms with E-state index in [0.29, 0.717) is 10.9 Å². The Bertz CT molecular complexity index is 769. The fourth-order valence-electron chi connectivity index (χ4n) is 3.58. The van der Waals surface area contributed by atoms with Crippen LogP contribution in [0.15, 0.2) is 46.3 Å². The van der Waals surface area contributed by atoms with Crippen LogP contribution in [-0.4, -0.2) is 76.2 Å². The molecule has 1 N–H and O–H groups in total. The van der Waals surface area contributed by atoms with Crippen molar-refractivity contribution in [2.24, 2.45) is 4.99 Å². The van der Waals surface area contributed by atoms with E-state index in [0.717, 1.165) is 50.7 Å². The van der Waals surface area contributed by atoms with Crippen LogP contribution in [0.25, 0.3) is 0 Å². The van der Waals surface area contributed by atoms with Gasteiger partial charge in [0.05, 0.1) is 4.90 Å². The summed E-state index contributed by atoms with van der Waals surface area (Å²) in [7, 11) is -1.30. The number of benzene rings is 1. The number of sulfone groups is 1. The number of hydrogen-bond acceptors (Lipinski definition) is 4. The molecule has 2 aliphatic heterocycles. The van der Waals surface area contributed by atoms with E-state index in [2.05, 4.69) is 32.3 Å². The van der Waals surface area contributed by atoms with Gasteiger partial charge in [-0.25, -0.2) is 8.42 Å². The van der Waals surface area contributed by atoms with E-state index in [9.17, 15) is 8.42 Å². The maximum absolute atomic E-state index is 11.5. The van der Waals surface area contributed by atoms with Crippen LogP contribution in [0.3, 0.4) is 0 Å². The van der Waals surface area contributed by atoms with Crippen LogP contribution in [0.5, 0.6) is 0 Å². The van der Waals surface area contributed by atoms with Crippen molar-refractivity contribution in [2.45, 2.75) is 23.8 Å². The summed E-state index contributed by atoms with van der Waals surface area (Å²) in [6.07, 6.45) is 7.72. The van der Waals surface area contributed by atoms with Crippen LogP contribution in [-0.2, 0) is 16.3 Å². The Balaban J connectivity index is 0.00000261. The van der Waals surface area contributed by atoms with Crippen LogP contribution < -0.4 is 5.32 Å². The predicted octanol–water partition coefficient (Wildman–Crippen LogP) is 1.77. The number of nitrogens with zero attached hydrogens (tertiary/aromatic N) is 3. The molecule has 1 fully saturated rings. The van der Waals surface area contributed by atoms with E-state index in [4.69, 9.17) is 0 Å². The molecule has 1 aromatic carbocycles. The zero-order valence-corrected chi connectivity index (χ0v) is 19.1. The van der Waals surface area contributed by atoms with Crippen LogP contribution in [0, 0.1) is 0 Å². The van der Waals surface area contributed by atoms with E-state index in [1.165, 1.54) is 12.7 Å². The van der Waals surface area contributed by atoms with Crippen LogP contribution in [0.1, 0.15) is 12.0 Å². The summed E-state index contributed by atoms with van der Waals surface area (Å²) in [6.45, 7) is 4.95. The third-order valence-electron chi connectivity index (χ3n) is 5.09. The van der Waals surface area contributed by atoms with Crippen molar-refractivity contribution in [2.75, 3.05) is 46.0 Å². The van der Waals surface area contributed by atoms with E-state index in [1.54, 1.807) is 12.1 Å². The van der Waals surface area contributed by atoms with Gasteiger partial charge in [0.15, 0.2) is 15.8 Å². The molecule has 3 rings (SSSR count). The van der Waals surface area contributed by atoms with Crippen molar-refractivity contribution in [3.63, 3.8) is 0 Å². The van der Waals surface area contributed by atoms with Gasteiger partial charge in [-0.15, -0.1) is 24.0 Å². The maximum atomic E-state index is 11.5. The molecular formula is C19H29IN4O2S. The molecule has 27 heavy (non-hydrogen) atoms. The Labute approximate surface area is 179 Å². The average Bonchev–Trinajstić information content (AvgIpc) is 3.29. The topological polar surface area (TPSA) is 65.0 Å². The Morgan fingerprint density at radius 1 is 1.22 bits per heavy atom. The van der Waals surface area contributed by atoms with Crippen molar-refractivity contribution in [3.8, 4) is 0 Å². The van der Waals surface area contributed by atoms with Crippen molar-refractivity contribution < 1.29 is 8.42 Å². The summed E-state index contributed by atoms with van der Waals surface area (Å²) in [5.41, 5.74) is 1.11. The minimum atomic E-state index is -3.13. The molecule has 0 aromatic heterocycles. The summed E-state index contributed by atoms with van der Waals surface area (Å²) >= 11 is 0. The molecule has 1 atom stereocenters. The molecule has 2 heterocycles. The van der Waals surface area contributed by atoms with Gasteiger partial charge < -0.3 is 10.2 Å². The lowest BCUT2D eigenvalue weighted by Gasteiger charge is -2.25. The number of hydrogen-bond donors (Lipinski definition) is 1. The normalized spacial score (nSPS) is 20.7. The minimum Gasteiger partial charge on any atom is -0.356 e. The first-order chi connectivity index (χ1) is 12.5. The zero-order chi connectivity index (χ0) is 18.6. The number of rotatable bonds is 5. The van der Waals surface area contributed by atoms with Gasteiger partial charge in [-0.1, -0.05) is 24.3 Å². The van der Waals surface area contributed by atoms with Gasteiger partial charge in [0.1, 0.15) is 0 Å². The second-order valence-electron chi connectivity index (χ2n) is 6.95. The van der Waals surface area contributed by atoms with Gasteiger partial charge in [-0.05, 0) is 30.5 Å². The number of nitrogens with one attached hydrogen (secondary N) is 1. The summed E-state index contributed by atoms with van der Waals surface area (Å²) in [5, 5.41) is 3.44. The summed E-state index contributed by atoms with van der Waals surface area (Å²) in [4.78, 5) is 9.63. The van der Waals surface area contributed by atoms with Gasteiger partial charge in [0, 0.05) is 52.1 Å². The number of halogens is 1. The SMILES string of the molecule is CN=C(NCCc1ccc(S(C)(=O)=O)cc1)N1CCC(N2CC=CC2)C1.I. The highest BCUT2D eigenvalue weighted by atomic mass is 127. The summed E-state index contributed by atoms with van der Waals surface area (Å²) in [6, 6.07) is 7.72. The molecule has 1 saturated heterocycles. The van der Waals surface area contributed by atoms with Gasteiger partial charge in [0.25, 0.3) is 0 Å². The third kappa shape index (κ3) is 5.92. The van der Waals surface area contributed by atoms with Gasteiger partial charge in [-0.3, -0.25) is 9.89 Å². The molecule has 2 aliphatic rings. The molecule has 8 heteroatoms. The Kier molecular flexibility index (Phi) is 8.11. The quantitative estimate of drug-likeness (QED) is 0.287. The van der Waals surface area contributed by atoms with Crippen molar-refractivity contribution in [1.29, 1.82) is 0 Å². The van der Waals surface area contributed by atoms with E-state index >= 15 is 0 Å². The molecule has 0 bridgehead atoms. The lowest BCUT2D eigenvalue weighted by Crippen LogP contribution is -2.43. The fraction of sp³-hybridized carbons (Fsp3) is 0.526. The Morgan fingerprint density at radius 2 is 1.89 bits per heavy atom. The minimum absolute atomic E-state index is 0. The number of likely N-dealkylation sites (tertiary alicyclic amines) is 1. The molecule has 0 spiro atoms. The monoisotopic (exact) mass is 504 g/mol.